The Labute approximate surface area is 207 Å². The van der Waals surface area contributed by atoms with Crippen LogP contribution < -0.4 is 21.5 Å². The van der Waals surface area contributed by atoms with E-state index in [0.717, 1.165) is 5.56 Å². The molecule has 0 spiro atoms. The molecule has 1 saturated carbocycles. The Morgan fingerprint density at radius 3 is 2.67 bits per heavy atom. The van der Waals surface area contributed by atoms with Crippen molar-refractivity contribution in [1.82, 2.24) is 15.1 Å². The smallest absolute Gasteiger partial charge is 0.255 e. The minimum Gasteiger partial charge on any atom is -0.496 e. The van der Waals surface area contributed by atoms with Crippen LogP contribution in [0, 0.1) is 11.8 Å². The van der Waals surface area contributed by atoms with Gasteiger partial charge in [-0.25, -0.2) is 9.07 Å². The molecule has 188 valence electrons. The SMILES string of the molecule is COc1ccccc1C(=O)NCc1ccc(-c2nn([C@H]3C4CCOC[C@@H]4[C@H]3F)c(N)c2C(N)=O)cc1. The predicted molar refractivity (Wildman–Crippen MR) is 131 cm³/mol. The van der Waals surface area contributed by atoms with Crippen molar-refractivity contribution in [3.05, 3.63) is 65.2 Å². The maximum absolute atomic E-state index is 14.9. The number of carbonyl (C=O) groups is 2. The Bertz CT molecular complexity index is 1290. The van der Waals surface area contributed by atoms with Crippen LogP contribution in [0.25, 0.3) is 11.3 Å². The number of nitrogen functional groups attached to an aromatic ring is 1. The van der Waals surface area contributed by atoms with E-state index in [9.17, 15) is 14.0 Å². The number of primary amides is 1. The lowest BCUT2D eigenvalue weighted by molar-refractivity contribution is -0.128. The zero-order valence-electron chi connectivity index (χ0n) is 19.8. The van der Waals surface area contributed by atoms with Crippen molar-refractivity contribution in [1.29, 1.82) is 0 Å². The molecule has 2 heterocycles. The minimum absolute atomic E-state index is 0.0544. The molecule has 9 nitrogen and oxygen atoms in total. The standard InChI is InChI=1S/C26H28FN5O4/c1-35-19-5-3-2-4-17(19)26(34)30-12-14-6-8-15(9-7-14)22-20(25(29)33)24(28)32(31-22)23-16-10-11-36-13-18(16)21(23)27/h2-9,16,18,21,23H,10-13,28H2,1H3,(H2,29,33)(H,30,34)/t16?,18-,21+,23-/m0/s1. The Morgan fingerprint density at radius 2 is 1.94 bits per heavy atom. The number of hydrogen-bond acceptors (Lipinski definition) is 6. The Morgan fingerprint density at radius 1 is 1.19 bits per heavy atom. The summed E-state index contributed by atoms with van der Waals surface area (Å²) in [6.45, 7) is 1.23. The van der Waals surface area contributed by atoms with E-state index in [1.165, 1.54) is 11.8 Å². The molecule has 1 aromatic heterocycles. The van der Waals surface area contributed by atoms with Crippen LogP contribution in [0.5, 0.6) is 5.75 Å². The van der Waals surface area contributed by atoms with Gasteiger partial charge in [-0.05, 0) is 30.0 Å². The highest BCUT2D eigenvalue weighted by Crippen LogP contribution is 2.51. The molecule has 1 aliphatic heterocycles. The lowest BCUT2D eigenvalue weighted by atomic mass is 9.65. The van der Waals surface area contributed by atoms with Gasteiger partial charge in [0.2, 0.25) is 0 Å². The van der Waals surface area contributed by atoms with Gasteiger partial charge >= 0.3 is 0 Å². The number of nitrogens with one attached hydrogen (secondary N) is 1. The molecule has 2 aromatic carbocycles. The molecular formula is C26H28FN5O4. The summed E-state index contributed by atoms with van der Waals surface area (Å²) in [5.74, 6) is -0.543. The van der Waals surface area contributed by atoms with Crippen molar-refractivity contribution in [3.8, 4) is 17.0 Å². The molecule has 4 atom stereocenters. The molecule has 3 aromatic rings. The summed E-state index contributed by atoms with van der Waals surface area (Å²) < 4.78 is 27.0. The van der Waals surface area contributed by atoms with Crippen LogP contribution in [0.15, 0.2) is 48.5 Å². The average Bonchev–Trinajstić information content (AvgIpc) is 3.23. The first-order valence-corrected chi connectivity index (χ1v) is 11.8. The third-order valence-electron chi connectivity index (χ3n) is 7.14. The summed E-state index contributed by atoms with van der Waals surface area (Å²) in [6.07, 6.45) is -0.439. The maximum Gasteiger partial charge on any atom is 0.255 e. The second-order valence-corrected chi connectivity index (χ2v) is 9.12. The van der Waals surface area contributed by atoms with Gasteiger partial charge in [0.25, 0.3) is 11.8 Å². The van der Waals surface area contributed by atoms with Gasteiger partial charge in [-0.3, -0.25) is 9.59 Å². The molecule has 2 amide bonds. The van der Waals surface area contributed by atoms with E-state index in [1.807, 2.05) is 12.1 Å². The van der Waals surface area contributed by atoms with E-state index >= 15 is 0 Å². The van der Waals surface area contributed by atoms with Crippen molar-refractivity contribution in [2.45, 2.75) is 25.2 Å². The van der Waals surface area contributed by atoms with Crippen LogP contribution >= 0.6 is 0 Å². The van der Waals surface area contributed by atoms with Gasteiger partial charge in [0.1, 0.15) is 29.0 Å². The summed E-state index contributed by atoms with van der Waals surface area (Å²) in [7, 11) is 1.51. The molecule has 5 rings (SSSR count). The average molecular weight is 494 g/mol. The van der Waals surface area contributed by atoms with E-state index in [1.54, 1.807) is 36.4 Å². The van der Waals surface area contributed by atoms with Crippen molar-refractivity contribution in [2.75, 3.05) is 26.1 Å². The lowest BCUT2D eigenvalue weighted by Crippen LogP contribution is -2.54. The van der Waals surface area contributed by atoms with Crippen molar-refractivity contribution in [3.63, 3.8) is 0 Å². The highest BCUT2D eigenvalue weighted by atomic mass is 19.1. The number of amides is 2. The van der Waals surface area contributed by atoms with Gasteiger partial charge in [-0.2, -0.15) is 5.10 Å². The molecule has 2 fully saturated rings. The van der Waals surface area contributed by atoms with Crippen LogP contribution in [-0.4, -0.2) is 48.1 Å². The molecule has 1 unspecified atom stereocenters. The third kappa shape index (κ3) is 4.07. The number of halogens is 1. The first kappa shape index (κ1) is 23.8. The van der Waals surface area contributed by atoms with Gasteiger partial charge in [-0.15, -0.1) is 0 Å². The van der Waals surface area contributed by atoms with Gasteiger partial charge in [0.05, 0.1) is 25.3 Å². The number of benzene rings is 2. The quantitative estimate of drug-likeness (QED) is 0.463. The van der Waals surface area contributed by atoms with Gasteiger partial charge < -0.3 is 26.3 Å². The maximum atomic E-state index is 14.9. The number of para-hydroxylation sites is 1. The fraction of sp³-hybridized carbons (Fsp3) is 0.346. The van der Waals surface area contributed by atoms with E-state index in [0.29, 0.717) is 42.2 Å². The number of ether oxygens (including phenoxy) is 2. The first-order chi connectivity index (χ1) is 17.4. The van der Waals surface area contributed by atoms with E-state index in [4.69, 9.17) is 20.9 Å². The molecule has 1 aliphatic carbocycles. The number of hydrogen-bond donors (Lipinski definition) is 3. The number of anilines is 1. The minimum atomic E-state index is -1.15. The van der Waals surface area contributed by atoms with Gasteiger partial charge in [0, 0.05) is 24.6 Å². The van der Waals surface area contributed by atoms with E-state index in [-0.39, 0.29) is 35.7 Å². The number of alkyl halides is 1. The Kier molecular flexibility index (Phi) is 6.36. The van der Waals surface area contributed by atoms with E-state index in [2.05, 4.69) is 10.4 Å². The first-order valence-electron chi connectivity index (χ1n) is 11.8. The summed E-state index contributed by atoms with van der Waals surface area (Å²) in [5.41, 5.74) is 14.2. The van der Waals surface area contributed by atoms with Crippen molar-refractivity contribution < 1.29 is 23.5 Å². The van der Waals surface area contributed by atoms with Crippen LogP contribution in [-0.2, 0) is 11.3 Å². The lowest BCUT2D eigenvalue weighted by Gasteiger charge is -2.50. The number of aromatic nitrogens is 2. The van der Waals surface area contributed by atoms with E-state index < -0.39 is 18.1 Å². The molecular weight excluding hydrogens is 465 g/mol. The second kappa shape index (κ2) is 9.62. The number of fused-ring (bicyclic) bond motifs is 1. The number of methoxy groups -OCH3 is 1. The van der Waals surface area contributed by atoms with Crippen LogP contribution in [0.2, 0.25) is 0 Å². The van der Waals surface area contributed by atoms with Crippen LogP contribution in [0.3, 0.4) is 0 Å². The molecule has 2 aliphatic rings. The summed E-state index contributed by atoms with van der Waals surface area (Å²) >= 11 is 0. The zero-order valence-corrected chi connectivity index (χ0v) is 19.8. The van der Waals surface area contributed by atoms with Crippen LogP contribution in [0.1, 0.15) is 38.7 Å². The number of rotatable bonds is 7. The monoisotopic (exact) mass is 493 g/mol. The van der Waals surface area contributed by atoms with Gasteiger partial charge in [0.15, 0.2) is 0 Å². The molecule has 36 heavy (non-hydrogen) atoms. The third-order valence-corrected chi connectivity index (χ3v) is 7.14. The number of nitrogens with two attached hydrogens (primary N) is 2. The topological polar surface area (TPSA) is 134 Å². The molecule has 0 bridgehead atoms. The van der Waals surface area contributed by atoms with Gasteiger partial charge in [-0.1, -0.05) is 36.4 Å². The molecule has 5 N–H and O–H groups in total. The van der Waals surface area contributed by atoms with Crippen molar-refractivity contribution >= 4 is 17.6 Å². The molecule has 1 saturated heterocycles. The number of nitrogens with zero attached hydrogens (tertiary/aromatic N) is 2. The number of carbonyl (C=O) groups excluding carboxylic acids is 2. The normalized spacial score (nSPS) is 22.8. The Balaban J connectivity index is 1.35. The fourth-order valence-electron chi connectivity index (χ4n) is 5.20. The predicted octanol–water partition coefficient (Wildman–Crippen LogP) is 2.72. The summed E-state index contributed by atoms with van der Waals surface area (Å²) in [6, 6.07) is 13.6. The van der Waals surface area contributed by atoms with Crippen molar-refractivity contribution in [2.24, 2.45) is 17.6 Å². The highest BCUT2D eigenvalue weighted by Gasteiger charge is 2.54. The highest BCUT2D eigenvalue weighted by molar-refractivity contribution is 6.03. The Hall–Kier alpha value is -3.92. The molecule has 0 radical (unpaired) electrons. The largest absolute Gasteiger partial charge is 0.496 e. The second-order valence-electron chi connectivity index (χ2n) is 9.12. The molecule has 10 heteroatoms. The van der Waals surface area contributed by atoms with Crippen LogP contribution in [0.4, 0.5) is 10.2 Å². The summed E-state index contributed by atoms with van der Waals surface area (Å²) in [4.78, 5) is 24.8. The zero-order chi connectivity index (χ0) is 25.4. The summed E-state index contributed by atoms with van der Waals surface area (Å²) in [5, 5.41) is 7.42. The fourth-order valence-corrected chi connectivity index (χ4v) is 5.20.